The number of nitrogens with zero attached hydrogens (tertiary/aromatic N) is 5. The topological polar surface area (TPSA) is 69.6 Å². The average Bonchev–Trinajstić information content (AvgIpc) is 3.12. The monoisotopic (exact) mass is 365 g/mol. The fraction of sp³-hybridized carbons (Fsp3) is 0.400. The van der Waals surface area contributed by atoms with Gasteiger partial charge >= 0.3 is 0 Å². The Morgan fingerprint density at radius 2 is 2.07 bits per heavy atom. The van der Waals surface area contributed by atoms with Crippen molar-refractivity contribution in [3.8, 4) is 0 Å². The maximum Gasteiger partial charge on any atom is 0.241 e. The third kappa shape index (κ3) is 3.42. The van der Waals surface area contributed by atoms with Gasteiger partial charge in [-0.25, -0.2) is 0 Å². The molecule has 4 heterocycles. The molecule has 2 saturated heterocycles. The Balaban J connectivity index is 1.49. The van der Waals surface area contributed by atoms with Crippen LogP contribution in [0.5, 0.6) is 0 Å². The molecule has 2 aromatic rings. The van der Waals surface area contributed by atoms with Gasteiger partial charge in [0.1, 0.15) is 0 Å². The highest BCUT2D eigenvalue weighted by atomic mass is 16.2. The van der Waals surface area contributed by atoms with Crippen molar-refractivity contribution in [2.45, 2.75) is 18.4 Å². The quantitative estimate of drug-likeness (QED) is 0.811. The van der Waals surface area contributed by atoms with E-state index in [1.807, 2.05) is 42.3 Å². The van der Waals surface area contributed by atoms with E-state index in [1.54, 1.807) is 23.5 Å². The van der Waals surface area contributed by atoms with Gasteiger partial charge in [-0.1, -0.05) is 6.07 Å². The van der Waals surface area contributed by atoms with Crippen LogP contribution in [0.4, 0.5) is 5.69 Å². The molecule has 2 amide bonds. The van der Waals surface area contributed by atoms with E-state index >= 15 is 0 Å². The Hall–Kier alpha value is -2.80. The van der Waals surface area contributed by atoms with Gasteiger partial charge in [-0.05, 0) is 37.7 Å². The standard InChI is InChI=1S/C20H23N5O2/c1-23-13-19(27)25(17-6-4-8-21-12-17)15-20(23)7-10-24(14-20)18(26)11-16-5-2-3-9-22-16/h2-6,8-9,12H,7,10-11,13-15H2,1H3/t20-/m0/s1. The first-order valence-corrected chi connectivity index (χ1v) is 9.17. The molecule has 7 heteroatoms. The Morgan fingerprint density at radius 3 is 2.81 bits per heavy atom. The Bertz CT molecular complexity index is 829. The number of amides is 2. The second-order valence-electron chi connectivity index (χ2n) is 7.33. The van der Waals surface area contributed by atoms with Crippen LogP contribution < -0.4 is 4.90 Å². The van der Waals surface area contributed by atoms with Crippen LogP contribution in [-0.4, -0.2) is 70.3 Å². The molecule has 2 fully saturated rings. The van der Waals surface area contributed by atoms with Crippen molar-refractivity contribution in [1.82, 2.24) is 19.8 Å². The van der Waals surface area contributed by atoms with Gasteiger partial charge in [0.15, 0.2) is 0 Å². The first-order valence-electron chi connectivity index (χ1n) is 9.17. The van der Waals surface area contributed by atoms with Crippen LogP contribution in [-0.2, 0) is 16.0 Å². The number of aromatic nitrogens is 2. The zero-order chi connectivity index (χ0) is 18.9. The Labute approximate surface area is 158 Å². The molecular formula is C20H23N5O2. The molecular weight excluding hydrogens is 342 g/mol. The molecule has 7 nitrogen and oxygen atoms in total. The van der Waals surface area contributed by atoms with E-state index in [9.17, 15) is 9.59 Å². The van der Waals surface area contributed by atoms with E-state index < -0.39 is 0 Å². The lowest BCUT2D eigenvalue weighted by molar-refractivity contribution is -0.130. The number of rotatable bonds is 3. The van der Waals surface area contributed by atoms with Gasteiger partial charge in [-0.3, -0.25) is 24.5 Å². The molecule has 0 radical (unpaired) electrons. The summed E-state index contributed by atoms with van der Waals surface area (Å²) in [5.41, 5.74) is 1.38. The second kappa shape index (κ2) is 7.08. The zero-order valence-corrected chi connectivity index (χ0v) is 15.4. The summed E-state index contributed by atoms with van der Waals surface area (Å²) in [6.07, 6.45) is 6.29. The molecule has 0 aliphatic carbocycles. The lowest BCUT2D eigenvalue weighted by Gasteiger charge is -2.46. The Kier molecular flexibility index (Phi) is 4.61. The van der Waals surface area contributed by atoms with Crippen LogP contribution in [0.15, 0.2) is 48.9 Å². The number of carbonyl (C=O) groups is 2. The van der Waals surface area contributed by atoms with Crippen molar-refractivity contribution in [3.05, 3.63) is 54.6 Å². The zero-order valence-electron chi connectivity index (χ0n) is 15.4. The third-order valence-corrected chi connectivity index (χ3v) is 5.64. The predicted molar refractivity (Wildman–Crippen MR) is 101 cm³/mol. The highest BCUT2D eigenvalue weighted by molar-refractivity contribution is 5.96. The lowest BCUT2D eigenvalue weighted by Crippen LogP contribution is -2.64. The number of piperazine rings is 1. The van der Waals surface area contributed by atoms with Gasteiger partial charge in [-0.2, -0.15) is 0 Å². The summed E-state index contributed by atoms with van der Waals surface area (Å²) in [4.78, 5) is 39.5. The van der Waals surface area contributed by atoms with E-state index in [2.05, 4.69) is 14.9 Å². The summed E-state index contributed by atoms with van der Waals surface area (Å²) in [7, 11) is 1.98. The number of carbonyl (C=O) groups excluding carboxylic acids is 2. The van der Waals surface area contributed by atoms with Crippen molar-refractivity contribution >= 4 is 17.5 Å². The first kappa shape index (κ1) is 17.6. The molecule has 2 aromatic heterocycles. The summed E-state index contributed by atoms with van der Waals surface area (Å²) in [6, 6.07) is 9.36. The van der Waals surface area contributed by atoms with E-state index in [0.29, 0.717) is 32.6 Å². The molecule has 0 unspecified atom stereocenters. The van der Waals surface area contributed by atoms with Crippen LogP contribution in [0, 0.1) is 0 Å². The number of anilines is 1. The maximum atomic E-state index is 12.7. The molecule has 2 aliphatic rings. The summed E-state index contributed by atoms with van der Waals surface area (Å²) < 4.78 is 0. The van der Waals surface area contributed by atoms with Crippen LogP contribution in [0.2, 0.25) is 0 Å². The number of hydrogen-bond acceptors (Lipinski definition) is 5. The molecule has 4 rings (SSSR count). The molecule has 0 N–H and O–H groups in total. The minimum Gasteiger partial charge on any atom is -0.340 e. The molecule has 0 saturated carbocycles. The Morgan fingerprint density at radius 1 is 1.19 bits per heavy atom. The molecule has 27 heavy (non-hydrogen) atoms. The summed E-state index contributed by atoms with van der Waals surface area (Å²) in [5.74, 6) is 0.151. The van der Waals surface area contributed by atoms with Crippen LogP contribution in [0.1, 0.15) is 12.1 Å². The number of likely N-dealkylation sites (N-methyl/N-ethyl adjacent to an activating group) is 1. The molecule has 0 aromatic carbocycles. The lowest BCUT2D eigenvalue weighted by atomic mass is 9.92. The highest BCUT2D eigenvalue weighted by Crippen LogP contribution is 2.33. The van der Waals surface area contributed by atoms with E-state index in [1.165, 1.54) is 0 Å². The fourth-order valence-electron chi connectivity index (χ4n) is 3.99. The van der Waals surface area contributed by atoms with Crippen molar-refractivity contribution < 1.29 is 9.59 Å². The van der Waals surface area contributed by atoms with Gasteiger partial charge in [0.05, 0.1) is 30.4 Å². The number of hydrogen-bond donors (Lipinski definition) is 0. The predicted octanol–water partition coefficient (Wildman–Crippen LogP) is 0.969. The van der Waals surface area contributed by atoms with Crippen LogP contribution in [0.25, 0.3) is 0 Å². The highest BCUT2D eigenvalue weighted by Gasteiger charge is 2.48. The minimum atomic E-state index is -0.219. The molecule has 1 atom stereocenters. The summed E-state index contributed by atoms with van der Waals surface area (Å²) in [6.45, 7) is 2.24. The van der Waals surface area contributed by atoms with Gasteiger partial charge in [0.2, 0.25) is 11.8 Å². The molecule has 1 spiro atoms. The smallest absolute Gasteiger partial charge is 0.241 e. The SMILES string of the molecule is CN1CC(=O)N(c2cccnc2)C[C@@]12CCN(C(=O)Cc1ccccn1)C2. The number of likely N-dealkylation sites (tertiary alicyclic amines) is 1. The van der Waals surface area contributed by atoms with Gasteiger partial charge in [0, 0.05) is 37.7 Å². The molecule has 140 valence electrons. The van der Waals surface area contributed by atoms with Crippen molar-refractivity contribution in [3.63, 3.8) is 0 Å². The first-order chi connectivity index (χ1) is 13.1. The average molecular weight is 365 g/mol. The van der Waals surface area contributed by atoms with Gasteiger partial charge in [-0.15, -0.1) is 0 Å². The van der Waals surface area contributed by atoms with Crippen LogP contribution in [0.3, 0.4) is 0 Å². The summed E-state index contributed by atoms with van der Waals surface area (Å²) >= 11 is 0. The fourth-order valence-corrected chi connectivity index (χ4v) is 3.99. The largest absolute Gasteiger partial charge is 0.340 e. The van der Waals surface area contributed by atoms with Crippen LogP contribution >= 0.6 is 0 Å². The normalized spacial score (nSPS) is 23.2. The van der Waals surface area contributed by atoms with Crippen molar-refractivity contribution in [2.24, 2.45) is 0 Å². The third-order valence-electron chi connectivity index (χ3n) is 5.64. The van der Waals surface area contributed by atoms with E-state index in [4.69, 9.17) is 0 Å². The van der Waals surface area contributed by atoms with Crippen molar-refractivity contribution in [1.29, 1.82) is 0 Å². The van der Waals surface area contributed by atoms with Gasteiger partial charge in [0.25, 0.3) is 0 Å². The minimum absolute atomic E-state index is 0.0642. The molecule has 0 bridgehead atoms. The van der Waals surface area contributed by atoms with Crippen molar-refractivity contribution in [2.75, 3.05) is 38.1 Å². The van der Waals surface area contributed by atoms with E-state index in [-0.39, 0.29) is 17.4 Å². The van der Waals surface area contributed by atoms with Gasteiger partial charge < -0.3 is 9.80 Å². The number of pyridine rings is 2. The molecule has 2 aliphatic heterocycles. The maximum absolute atomic E-state index is 12.7. The summed E-state index contributed by atoms with van der Waals surface area (Å²) in [5, 5.41) is 0. The van der Waals surface area contributed by atoms with E-state index in [0.717, 1.165) is 17.8 Å². The second-order valence-corrected chi connectivity index (χ2v) is 7.33.